The van der Waals surface area contributed by atoms with Crippen LogP contribution in [0.5, 0.6) is 0 Å². The molecule has 2 fully saturated rings. The molecular weight excluding hydrogens is 588 g/mol. The largest absolute Gasteiger partial charge is 0.416 e. The monoisotopic (exact) mass is 615 g/mol. The van der Waals surface area contributed by atoms with E-state index in [1.54, 1.807) is 6.92 Å². The van der Waals surface area contributed by atoms with Crippen molar-refractivity contribution in [3.05, 3.63) is 33.3 Å². The van der Waals surface area contributed by atoms with Crippen LogP contribution in [0.4, 0.5) is 22.0 Å². The second-order valence-electron chi connectivity index (χ2n) is 9.28. The fourth-order valence-corrected chi connectivity index (χ4v) is 6.95. The van der Waals surface area contributed by atoms with Crippen molar-refractivity contribution in [2.24, 2.45) is 0 Å². The van der Waals surface area contributed by atoms with Gasteiger partial charge in [-0.05, 0) is 31.4 Å². The third-order valence-corrected chi connectivity index (χ3v) is 9.52. The molecule has 1 aliphatic heterocycles. The van der Waals surface area contributed by atoms with E-state index in [0.717, 1.165) is 0 Å². The molecule has 0 atom stereocenters. The van der Waals surface area contributed by atoms with Crippen molar-refractivity contribution in [3.63, 3.8) is 0 Å². The van der Waals surface area contributed by atoms with Crippen molar-refractivity contribution in [3.8, 4) is 0 Å². The molecular formula is C22H29Cl3F5N3O3S. The summed E-state index contributed by atoms with van der Waals surface area (Å²) in [6, 6.07) is 1.21. The van der Waals surface area contributed by atoms with Crippen LogP contribution in [0.3, 0.4) is 0 Å². The van der Waals surface area contributed by atoms with Crippen LogP contribution in [0.25, 0.3) is 0 Å². The Morgan fingerprint density at radius 2 is 1.54 bits per heavy atom. The Hall–Kier alpha value is -0.920. The van der Waals surface area contributed by atoms with Crippen molar-refractivity contribution < 1.29 is 35.2 Å². The number of halogens is 8. The van der Waals surface area contributed by atoms with Crippen LogP contribution in [0.2, 0.25) is 10.0 Å². The highest BCUT2D eigenvalue weighted by molar-refractivity contribution is 7.89. The van der Waals surface area contributed by atoms with Crippen LogP contribution < -0.4 is 5.32 Å². The number of alkyl halides is 5. The van der Waals surface area contributed by atoms with E-state index >= 15 is 0 Å². The average Bonchev–Trinajstić information content (AvgIpc) is 2.78. The summed E-state index contributed by atoms with van der Waals surface area (Å²) in [5.74, 6) is -3.64. The molecule has 0 radical (unpaired) electrons. The number of hydrogen-bond acceptors (Lipinski definition) is 4. The summed E-state index contributed by atoms with van der Waals surface area (Å²) in [6.45, 7) is 2.69. The summed E-state index contributed by atoms with van der Waals surface area (Å²) in [5.41, 5.74) is -2.31. The molecule has 0 unspecified atom stereocenters. The van der Waals surface area contributed by atoms with Gasteiger partial charge in [0.15, 0.2) is 0 Å². The molecule has 3 rings (SSSR count). The topological polar surface area (TPSA) is 69.7 Å². The van der Waals surface area contributed by atoms with Gasteiger partial charge in [-0.25, -0.2) is 17.2 Å². The SMILES string of the molecule is CCCS(=O)(=O)N1CCN(C2(CNC(=O)c3c(Cl)cc(C(F)(F)F)cc3Cl)CCC(F)(F)CC2)CC1.Cl. The number of carbonyl (C=O) groups excluding carboxylic acids is 1. The van der Waals surface area contributed by atoms with Crippen molar-refractivity contribution in [1.82, 2.24) is 14.5 Å². The molecule has 6 nitrogen and oxygen atoms in total. The maximum atomic E-state index is 14.0. The van der Waals surface area contributed by atoms with Crippen LogP contribution in [0.1, 0.15) is 54.9 Å². The van der Waals surface area contributed by atoms with E-state index in [1.165, 1.54) is 4.31 Å². The van der Waals surface area contributed by atoms with E-state index < -0.39 is 62.0 Å². The third-order valence-electron chi connectivity index (χ3n) is 6.85. The minimum Gasteiger partial charge on any atom is -0.350 e. The zero-order valence-electron chi connectivity index (χ0n) is 20.0. The predicted molar refractivity (Wildman–Crippen MR) is 134 cm³/mol. The first-order chi connectivity index (χ1) is 16.6. The molecule has 0 spiro atoms. The highest BCUT2D eigenvalue weighted by atomic mass is 35.5. The van der Waals surface area contributed by atoms with E-state index in [9.17, 15) is 35.2 Å². The molecule has 1 aromatic carbocycles. The zero-order chi connectivity index (χ0) is 26.9. The fraction of sp³-hybridized carbons (Fsp3) is 0.682. The summed E-state index contributed by atoms with van der Waals surface area (Å²) in [5, 5.41) is 1.67. The average molecular weight is 617 g/mol. The van der Waals surface area contributed by atoms with Gasteiger partial charge in [0.25, 0.3) is 5.91 Å². The van der Waals surface area contributed by atoms with Crippen LogP contribution in [-0.2, 0) is 16.2 Å². The molecule has 1 heterocycles. The highest BCUT2D eigenvalue weighted by Gasteiger charge is 2.48. The third kappa shape index (κ3) is 7.60. The normalized spacial score (nSPS) is 20.8. The van der Waals surface area contributed by atoms with Gasteiger partial charge in [-0.15, -0.1) is 12.4 Å². The first-order valence-electron chi connectivity index (χ1n) is 11.6. The molecule has 1 amide bonds. The van der Waals surface area contributed by atoms with Gasteiger partial charge in [-0.3, -0.25) is 9.69 Å². The summed E-state index contributed by atoms with van der Waals surface area (Å²) >= 11 is 11.9. The Morgan fingerprint density at radius 1 is 1.03 bits per heavy atom. The number of amides is 1. The van der Waals surface area contributed by atoms with Gasteiger partial charge in [0.1, 0.15) is 0 Å². The lowest BCUT2D eigenvalue weighted by Crippen LogP contribution is -2.63. The molecule has 0 aromatic heterocycles. The van der Waals surface area contributed by atoms with E-state index in [4.69, 9.17) is 23.2 Å². The lowest BCUT2D eigenvalue weighted by atomic mass is 9.78. The van der Waals surface area contributed by atoms with Crippen molar-refractivity contribution in [1.29, 1.82) is 0 Å². The Morgan fingerprint density at radius 3 is 2.00 bits per heavy atom. The van der Waals surface area contributed by atoms with Crippen molar-refractivity contribution in [2.45, 2.75) is 56.7 Å². The molecule has 212 valence electrons. The van der Waals surface area contributed by atoms with Crippen LogP contribution in [-0.4, -0.2) is 73.5 Å². The molecule has 15 heteroatoms. The lowest BCUT2D eigenvalue weighted by Gasteiger charge is -2.50. The first kappa shape index (κ1) is 32.3. The summed E-state index contributed by atoms with van der Waals surface area (Å²) < 4.78 is 93.2. The van der Waals surface area contributed by atoms with Gasteiger partial charge >= 0.3 is 6.18 Å². The first-order valence-corrected chi connectivity index (χ1v) is 13.9. The van der Waals surface area contributed by atoms with Gasteiger partial charge < -0.3 is 5.32 Å². The molecule has 1 saturated carbocycles. The number of carbonyl (C=O) groups is 1. The Labute approximate surface area is 229 Å². The number of piperazine rings is 1. The molecule has 1 saturated heterocycles. The summed E-state index contributed by atoms with van der Waals surface area (Å²) in [7, 11) is -3.40. The quantitative estimate of drug-likeness (QED) is 0.413. The standard InChI is InChI=1S/C22H28Cl2F5N3O3S.ClH/c1-2-11-36(34,35)32-9-7-31(8-10-32)20(3-5-21(25,26)6-4-20)14-30-19(33)18-16(23)12-15(13-17(18)24)22(27,28)29;/h12-13H,2-11,14H2,1H3,(H,30,33);1H. The smallest absolute Gasteiger partial charge is 0.350 e. The minimum absolute atomic E-state index is 0. The van der Waals surface area contributed by atoms with Crippen molar-refractivity contribution in [2.75, 3.05) is 38.5 Å². The summed E-state index contributed by atoms with van der Waals surface area (Å²) in [4.78, 5) is 14.8. The van der Waals surface area contributed by atoms with E-state index in [0.29, 0.717) is 31.6 Å². The highest BCUT2D eigenvalue weighted by Crippen LogP contribution is 2.42. The Balaban J connectivity index is 0.00000481. The molecule has 2 aliphatic rings. The molecule has 1 N–H and O–H groups in total. The van der Waals surface area contributed by atoms with Gasteiger partial charge in [0.2, 0.25) is 15.9 Å². The maximum Gasteiger partial charge on any atom is 0.416 e. The number of hydrogen-bond donors (Lipinski definition) is 1. The van der Waals surface area contributed by atoms with Gasteiger partial charge in [0.05, 0.1) is 26.9 Å². The maximum absolute atomic E-state index is 14.0. The van der Waals surface area contributed by atoms with E-state index in [-0.39, 0.29) is 56.2 Å². The zero-order valence-corrected chi connectivity index (χ0v) is 23.2. The molecule has 37 heavy (non-hydrogen) atoms. The number of sulfonamides is 1. The van der Waals surface area contributed by atoms with Gasteiger partial charge in [-0.1, -0.05) is 30.1 Å². The molecule has 1 aromatic rings. The Bertz CT molecular complexity index is 1050. The number of rotatable bonds is 7. The van der Waals surface area contributed by atoms with E-state index in [2.05, 4.69) is 5.32 Å². The summed E-state index contributed by atoms with van der Waals surface area (Å²) in [6.07, 6.45) is -4.93. The van der Waals surface area contributed by atoms with Crippen LogP contribution in [0.15, 0.2) is 12.1 Å². The van der Waals surface area contributed by atoms with E-state index in [1.807, 2.05) is 4.90 Å². The van der Waals surface area contributed by atoms with Crippen LogP contribution in [0, 0.1) is 0 Å². The second kappa shape index (κ2) is 12.1. The molecule has 0 bridgehead atoms. The second-order valence-corrected chi connectivity index (χ2v) is 12.2. The van der Waals surface area contributed by atoms with Gasteiger partial charge in [0, 0.05) is 51.1 Å². The lowest BCUT2D eigenvalue weighted by molar-refractivity contribution is -0.137. The van der Waals surface area contributed by atoms with Gasteiger partial charge in [-0.2, -0.15) is 17.5 Å². The Kier molecular flexibility index (Phi) is 10.5. The molecule has 1 aliphatic carbocycles. The fourth-order valence-electron chi connectivity index (χ4n) is 4.80. The minimum atomic E-state index is -4.70. The predicted octanol–water partition coefficient (Wildman–Crippen LogP) is 5.47. The van der Waals surface area contributed by atoms with Crippen molar-refractivity contribution >= 4 is 51.5 Å². The number of nitrogens with one attached hydrogen (secondary N) is 1. The number of nitrogens with zero attached hydrogens (tertiary/aromatic N) is 2. The van der Waals surface area contributed by atoms with Crippen LogP contribution >= 0.6 is 35.6 Å². The number of benzene rings is 1.